The van der Waals surface area contributed by atoms with Gasteiger partial charge in [-0.1, -0.05) is 6.92 Å². The molecule has 1 atom stereocenters. The molecule has 1 heterocycles. The number of hydrogen-bond donors (Lipinski definition) is 1. The van der Waals surface area contributed by atoms with Crippen molar-refractivity contribution in [2.75, 3.05) is 39.3 Å². The Balaban J connectivity index is 1.83. The molecule has 2 aliphatic rings. The van der Waals surface area contributed by atoms with Gasteiger partial charge in [0.1, 0.15) is 0 Å². The van der Waals surface area contributed by atoms with Gasteiger partial charge in [-0.2, -0.15) is 0 Å². The first-order valence-electron chi connectivity index (χ1n) is 7.53. The first kappa shape index (κ1) is 15.1. The van der Waals surface area contributed by atoms with E-state index in [1.807, 2.05) is 11.8 Å². The van der Waals surface area contributed by atoms with Crippen molar-refractivity contribution >= 4 is 12.0 Å². The number of carbonyl (C=O) groups is 2. The SMILES string of the molecule is CCN(CC(C)C(=O)O)C(=O)N1CCN(C2CC2)CC1. The summed E-state index contributed by atoms with van der Waals surface area (Å²) in [6, 6.07) is 0.734. The van der Waals surface area contributed by atoms with Crippen LogP contribution >= 0.6 is 0 Å². The van der Waals surface area contributed by atoms with E-state index in [0.29, 0.717) is 6.54 Å². The van der Waals surface area contributed by atoms with Gasteiger partial charge in [-0.25, -0.2) is 4.79 Å². The maximum Gasteiger partial charge on any atom is 0.320 e. The second-order valence-corrected chi connectivity index (χ2v) is 5.81. The minimum Gasteiger partial charge on any atom is -0.481 e. The van der Waals surface area contributed by atoms with E-state index in [-0.39, 0.29) is 12.6 Å². The normalized spacial score (nSPS) is 21.6. The number of nitrogens with zero attached hydrogens (tertiary/aromatic N) is 3. The van der Waals surface area contributed by atoms with Crippen LogP contribution in [-0.2, 0) is 4.79 Å². The Bertz CT molecular complexity index is 363. The highest BCUT2D eigenvalue weighted by molar-refractivity contribution is 5.76. The van der Waals surface area contributed by atoms with Crippen LogP contribution in [0.4, 0.5) is 4.79 Å². The van der Waals surface area contributed by atoms with Crippen LogP contribution in [0.15, 0.2) is 0 Å². The van der Waals surface area contributed by atoms with Crippen LogP contribution in [-0.4, -0.2) is 77.1 Å². The summed E-state index contributed by atoms with van der Waals surface area (Å²) in [6.45, 7) is 7.79. The molecule has 0 aromatic heterocycles. The summed E-state index contributed by atoms with van der Waals surface area (Å²) >= 11 is 0. The Labute approximate surface area is 120 Å². The van der Waals surface area contributed by atoms with Crippen LogP contribution < -0.4 is 0 Å². The Morgan fingerprint density at radius 3 is 2.30 bits per heavy atom. The van der Waals surface area contributed by atoms with Crippen molar-refractivity contribution in [2.45, 2.75) is 32.7 Å². The molecular formula is C14H25N3O3. The van der Waals surface area contributed by atoms with Crippen LogP contribution in [0, 0.1) is 5.92 Å². The van der Waals surface area contributed by atoms with Crippen LogP contribution in [0.3, 0.4) is 0 Å². The number of rotatable bonds is 5. The zero-order chi connectivity index (χ0) is 14.7. The maximum atomic E-state index is 12.4. The molecule has 114 valence electrons. The largest absolute Gasteiger partial charge is 0.481 e. The van der Waals surface area contributed by atoms with E-state index in [1.54, 1.807) is 11.8 Å². The minimum atomic E-state index is -0.852. The molecule has 0 aromatic rings. The Morgan fingerprint density at radius 2 is 1.85 bits per heavy atom. The van der Waals surface area contributed by atoms with E-state index in [0.717, 1.165) is 32.2 Å². The lowest BCUT2D eigenvalue weighted by atomic mass is 10.2. The smallest absolute Gasteiger partial charge is 0.320 e. The van der Waals surface area contributed by atoms with Crippen molar-refractivity contribution < 1.29 is 14.7 Å². The summed E-state index contributed by atoms with van der Waals surface area (Å²) in [5.74, 6) is -1.37. The first-order valence-corrected chi connectivity index (χ1v) is 7.53. The van der Waals surface area contributed by atoms with E-state index in [9.17, 15) is 9.59 Å². The summed E-state index contributed by atoms with van der Waals surface area (Å²) in [5, 5.41) is 8.96. The van der Waals surface area contributed by atoms with E-state index >= 15 is 0 Å². The number of carboxylic acid groups (broad SMARTS) is 1. The van der Waals surface area contributed by atoms with E-state index in [1.165, 1.54) is 12.8 Å². The summed E-state index contributed by atoms with van der Waals surface area (Å²) in [6.07, 6.45) is 2.59. The maximum absolute atomic E-state index is 12.4. The molecule has 1 N–H and O–H groups in total. The number of amides is 2. The lowest BCUT2D eigenvalue weighted by molar-refractivity contribution is -0.141. The Kier molecular flexibility index (Phi) is 4.86. The van der Waals surface area contributed by atoms with Gasteiger partial charge in [0.15, 0.2) is 0 Å². The zero-order valence-electron chi connectivity index (χ0n) is 12.4. The second-order valence-electron chi connectivity index (χ2n) is 5.81. The zero-order valence-corrected chi connectivity index (χ0v) is 12.4. The third-order valence-corrected chi connectivity index (χ3v) is 4.22. The molecule has 20 heavy (non-hydrogen) atoms. The fourth-order valence-electron chi connectivity index (χ4n) is 2.67. The molecule has 1 unspecified atom stereocenters. The molecule has 2 fully saturated rings. The van der Waals surface area contributed by atoms with Gasteiger partial charge < -0.3 is 14.9 Å². The van der Waals surface area contributed by atoms with Gasteiger partial charge in [0.2, 0.25) is 0 Å². The molecule has 2 amide bonds. The fourth-order valence-corrected chi connectivity index (χ4v) is 2.67. The number of piperazine rings is 1. The van der Waals surface area contributed by atoms with Crippen molar-refractivity contribution in [2.24, 2.45) is 5.92 Å². The Hall–Kier alpha value is -1.30. The van der Waals surface area contributed by atoms with Gasteiger partial charge in [0, 0.05) is 45.3 Å². The van der Waals surface area contributed by atoms with Crippen molar-refractivity contribution in [3.63, 3.8) is 0 Å². The molecular weight excluding hydrogens is 258 g/mol. The van der Waals surface area contributed by atoms with Crippen LogP contribution in [0.1, 0.15) is 26.7 Å². The summed E-state index contributed by atoms with van der Waals surface area (Å²) in [7, 11) is 0. The molecule has 1 saturated carbocycles. The van der Waals surface area contributed by atoms with Crippen LogP contribution in [0.25, 0.3) is 0 Å². The quantitative estimate of drug-likeness (QED) is 0.815. The van der Waals surface area contributed by atoms with Gasteiger partial charge in [-0.05, 0) is 19.8 Å². The van der Waals surface area contributed by atoms with Crippen LogP contribution in [0.5, 0.6) is 0 Å². The molecule has 6 nitrogen and oxygen atoms in total. The molecule has 1 saturated heterocycles. The topological polar surface area (TPSA) is 64.1 Å². The van der Waals surface area contributed by atoms with E-state index < -0.39 is 11.9 Å². The average molecular weight is 283 g/mol. The molecule has 0 spiro atoms. The van der Waals surface area contributed by atoms with Gasteiger partial charge in [0.05, 0.1) is 5.92 Å². The lowest BCUT2D eigenvalue weighted by Crippen LogP contribution is -2.54. The highest BCUT2D eigenvalue weighted by atomic mass is 16.4. The summed E-state index contributed by atoms with van der Waals surface area (Å²) in [5.41, 5.74) is 0. The number of hydrogen-bond acceptors (Lipinski definition) is 3. The third-order valence-electron chi connectivity index (χ3n) is 4.22. The molecule has 0 radical (unpaired) electrons. The Morgan fingerprint density at radius 1 is 1.25 bits per heavy atom. The number of carboxylic acids is 1. The summed E-state index contributed by atoms with van der Waals surface area (Å²) in [4.78, 5) is 29.3. The van der Waals surface area contributed by atoms with Crippen LogP contribution in [0.2, 0.25) is 0 Å². The van der Waals surface area contributed by atoms with E-state index in [2.05, 4.69) is 4.90 Å². The fraction of sp³-hybridized carbons (Fsp3) is 0.857. The molecule has 2 rings (SSSR count). The standard InChI is InChI=1S/C14H25N3O3/c1-3-15(10-11(2)13(18)19)14(20)17-8-6-16(7-9-17)12-4-5-12/h11-12H,3-10H2,1-2H3,(H,18,19). The monoisotopic (exact) mass is 283 g/mol. The average Bonchev–Trinajstić information content (AvgIpc) is 3.28. The highest BCUT2D eigenvalue weighted by Gasteiger charge is 2.33. The molecule has 1 aliphatic heterocycles. The van der Waals surface area contributed by atoms with Crippen molar-refractivity contribution in [1.29, 1.82) is 0 Å². The molecule has 0 bridgehead atoms. The van der Waals surface area contributed by atoms with Gasteiger partial charge in [0.25, 0.3) is 0 Å². The van der Waals surface area contributed by atoms with Crippen molar-refractivity contribution in [3.8, 4) is 0 Å². The van der Waals surface area contributed by atoms with Gasteiger partial charge in [-0.3, -0.25) is 9.69 Å². The number of urea groups is 1. The van der Waals surface area contributed by atoms with Gasteiger partial charge in [-0.15, -0.1) is 0 Å². The lowest BCUT2D eigenvalue weighted by Gasteiger charge is -2.37. The van der Waals surface area contributed by atoms with Crippen molar-refractivity contribution in [1.82, 2.24) is 14.7 Å². The molecule has 6 heteroatoms. The predicted octanol–water partition coefficient (Wildman–Crippen LogP) is 0.929. The van der Waals surface area contributed by atoms with E-state index in [4.69, 9.17) is 5.11 Å². The molecule has 1 aliphatic carbocycles. The first-order chi connectivity index (χ1) is 9.52. The van der Waals surface area contributed by atoms with Crippen molar-refractivity contribution in [3.05, 3.63) is 0 Å². The second kappa shape index (κ2) is 6.43. The summed E-state index contributed by atoms with van der Waals surface area (Å²) < 4.78 is 0. The number of carbonyl (C=O) groups excluding carboxylic acids is 1. The third kappa shape index (κ3) is 3.62. The number of aliphatic carboxylic acids is 1. The molecule has 0 aromatic carbocycles. The highest BCUT2D eigenvalue weighted by Crippen LogP contribution is 2.27. The predicted molar refractivity (Wildman–Crippen MR) is 75.6 cm³/mol. The van der Waals surface area contributed by atoms with Gasteiger partial charge >= 0.3 is 12.0 Å². The minimum absolute atomic E-state index is 0.0175.